The van der Waals surface area contributed by atoms with E-state index in [0.717, 1.165) is 6.07 Å². The topological polar surface area (TPSA) is 93.8 Å². The minimum atomic E-state index is -0.612. The molecule has 2 rings (SSSR count). The SMILES string of the molecule is COc1ccc(/C=N\NC(=O)c2cccc([N+](=O)[O-])c2)cc1F. The molecule has 0 heterocycles. The summed E-state index contributed by atoms with van der Waals surface area (Å²) in [6.07, 6.45) is 1.25. The quantitative estimate of drug-likeness (QED) is 0.521. The van der Waals surface area contributed by atoms with E-state index in [0.29, 0.717) is 5.56 Å². The van der Waals surface area contributed by atoms with Crippen LogP contribution in [0, 0.1) is 15.9 Å². The van der Waals surface area contributed by atoms with E-state index in [2.05, 4.69) is 10.5 Å². The van der Waals surface area contributed by atoms with E-state index in [-0.39, 0.29) is 17.0 Å². The van der Waals surface area contributed by atoms with Gasteiger partial charge in [0.15, 0.2) is 11.6 Å². The Morgan fingerprint density at radius 3 is 2.78 bits per heavy atom. The van der Waals surface area contributed by atoms with Crippen LogP contribution in [0.15, 0.2) is 47.6 Å². The van der Waals surface area contributed by atoms with E-state index in [1.165, 1.54) is 43.7 Å². The summed E-state index contributed by atoms with van der Waals surface area (Å²) >= 11 is 0. The molecule has 0 bridgehead atoms. The predicted molar refractivity (Wildman–Crippen MR) is 81.1 cm³/mol. The molecule has 1 amide bonds. The maximum atomic E-state index is 13.5. The molecule has 2 aromatic rings. The second-order valence-corrected chi connectivity index (χ2v) is 4.40. The summed E-state index contributed by atoms with van der Waals surface area (Å²) < 4.78 is 18.3. The van der Waals surface area contributed by atoms with Crippen molar-refractivity contribution >= 4 is 17.8 Å². The highest BCUT2D eigenvalue weighted by atomic mass is 19.1. The van der Waals surface area contributed by atoms with Crippen LogP contribution in [-0.4, -0.2) is 24.2 Å². The van der Waals surface area contributed by atoms with Crippen molar-refractivity contribution in [1.29, 1.82) is 0 Å². The molecule has 0 aliphatic heterocycles. The van der Waals surface area contributed by atoms with Gasteiger partial charge in [0.05, 0.1) is 18.2 Å². The lowest BCUT2D eigenvalue weighted by atomic mass is 10.2. The lowest BCUT2D eigenvalue weighted by molar-refractivity contribution is -0.384. The summed E-state index contributed by atoms with van der Waals surface area (Å²) in [5, 5.41) is 14.3. The van der Waals surface area contributed by atoms with Gasteiger partial charge < -0.3 is 4.74 Å². The zero-order chi connectivity index (χ0) is 16.8. The van der Waals surface area contributed by atoms with Crippen LogP contribution < -0.4 is 10.2 Å². The van der Waals surface area contributed by atoms with E-state index in [1.54, 1.807) is 6.07 Å². The van der Waals surface area contributed by atoms with Gasteiger partial charge in [-0.15, -0.1) is 0 Å². The molecular formula is C15H12FN3O4. The molecule has 0 saturated heterocycles. The van der Waals surface area contributed by atoms with Gasteiger partial charge in [0.2, 0.25) is 0 Å². The fraction of sp³-hybridized carbons (Fsp3) is 0.0667. The van der Waals surface area contributed by atoms with Crippen LogP contribution in [0.4, 0.5) is 10.1 Å². The van der Waals surface area contributed by atoms with E-state index >= 15 is 0 Å². The predicted octanol–water partition coefficient (Wildman–Crippen LogP) is 2.51. The largest absolute Gasteiger partial charge is 0.494 e. The van der Waals surface area contributed by atoms with Crippen molar-refractivity contribution in [2.75, 3.05) is 7.11 Å². The zero-order valence-electron chi connectivity index (χ0n) is 12.0. The van der Waals surface area contributed by atoms with Crippen molar-refractivity contribution in [2.24, 2.45) is 5.10 Å². The fourth-order valence-corrected chi connectivity index (χ4v) is 1.75. The summed E-state index contributed by atoms with van der Waals surface area (Å²) in [4.78, 5) is 21.9. The molecule has 0 saturated carbocycles. The maximum absolute atomic E-state index is 13.5. The number of nitro groups is 1. The Morgan fingerprint density at radius 1 is 1.35 bits per heavy atom. The number of nitrogens with one attached hydrogen (secondary N) is 1. The number of amides is 1. The number of ether oxygens (including phenoxy) is 1. The molecule has 7 nitrogen and oxygen atoms in total. The van der Waals surface area contributed by atoms with Gasteiger partial charge in [0.1, 0.15) is 0 Å². The second kappa shape index (κ2) is 7.12. The van der Waals surface area contributed by atoms with E-state index < -0.39 is 16.6 Å². The van der Waals surface area contributed by atoms with Crippen LogP contribution in [0.1, 0.15) is 15.9 Å². The first kappa shape index (κ1) is 16.1. The van der Waals surface area contributed by atoms with Crippen molar-refractivity contribution in [2.45, 2.75) is 0 Å². The Morgan fingerprint density at radius 2 is 2.13 bits per heavy atom. The average Bonchev–Trinajstić information content (AvgIpc) is 2.55. The number of nitrogens with zero attached hydrogens (tertiary/aromatic N) is 2. The van der Waals surface area contributed by atoms with Crippen molar-refractivity contribution in [3.8, 4) is 5.75 Å². The van der Waals surface area contributed by atoms with Gasteiger partial charge in [-0.3, -0.25) is 14.9 Å². The van der Waals surface area contributed by atoms with Crippen molar-refractivity contribution in [1.82, 2.24) is 5.43 Å². The zero-order valence-corrected chi connectivity index (χ0v) is 12.0. The van der Waals surface area contributed by atoms with Gasteiger partial charge in [-0.05, 0) is 29.8 Å². The number of halogens is 1. The number of hydrazone groups is 1. The molecule has 0 aliphatic carbocycles. The Bertz CT molecular complexity index is 777. The molecule has 2 aromatic carbocycles. The molecule has 0 spiro atoms. The highest BCUT2D eigenvalue weighted by Gasteiger charge is 2.10. The van der Waals surface area contributed by atoms with Gasteiger partial charge >= 0.3 is 0 Å². The number of carbonyl (C=O) groups is 1. The molecule has 0 atom stereocenters. The van der Waals surface area contributed by atoms with Crippen molar-refractivity contribution in [3.63, 3.8) is 0 Å². The second-order valence-electron chi connectivity index (χ2n) is 4.40. The normalized spacial score (nSPS) is 10.5. The number of hydrogen-bond acceptors (Lipinski definition) is 5. The Labute approximate surface area is 130 Å². The van der Waals surface area contributed by atoms with Crippen molar-refractivity contribution in [3.05, 3.63) is 69.5 Å². The van der Waals surface area contributed by atoms with Gasteiger partial charge in [-0.1, -0.05) is 6.07 Å². The van der Waals surface area contributed by atoms with Crippen LogP contribution in [0.3, 0.4) is 0 Å². The Hall–Kier alpha value is -3.29. The van der Waals surface area contributed by atoms with E-state index in [1.807, 2.05) is 0 Å². The third-order valence-corrected chi connectivity index (χ3v) is 2.87. The number of carbonyl (C=O) groups excluding carboxylic acids is 1. The highest BCUT2D eigenvalue weighted by Crippen LogP contribution is 2.16. The van der Waals surface area contributed by atoms with E-state index in [4.69, 9.17) is 4.74 Å². The maximum Gasteiger partial charge on any atom is 0.271 e. The molecule has 0 unspecified atom stereocenters. The first-order chi connectivity index (χ1) is 11.0. The van der Waals surface area contributed by atoms with Gasteiger partial charge in [-0.2, -0.15) is 5.10 Å². The molecule has 0 radical (unpaired) electrons. The number of rotatable bonds is 5. The van der Waals surface area contributed by atoms with Crippen molar-refractivity contribution < 1.29 is 18.8 Å². The third kappa shape index (κ3) is 4.10. The van der Waals surface area contributed by atoms with Gasteiger partial charge in [0.25, 0.3) is 11.6 Å². The van der Waals surface area contributed by atoms with Gasteiger partial charge in [-0.25, -0.2) is 9.82 Å². The molecule has 118 valence electrons. The molecule has 0 aliphatic rings. The molecule has 8 heteroatoms. The smallest absolute Gasteiger partial charge is 0.271 e. The summed E-state index contributed by atoms with van der Waals surface area (Å²) in [5.41, 5.74) is 2.53. The minimum absolute atomic E-state index is 0.0947. The lowest BCUT2D eigenvalue weighted by Crippen LogP contribution is -2.17. The molecule has 0 aromatic heterocycles. The lowest BCUT2D eigenvalue weighted by Gasteiger charge is -2.02. The number of non-ortho nitro benzene ring substituents is 1. The summed E-state index contributed by atoms with van der Waals surface area (Å²) in [6, 6.07) is 9.42. The van der Waals surface area contributed by atoms with Crippen LogP contribution in [0.25, 0.3) is 0 Å². The molecule has 1 N–H and O–H groups in total. The monoisotopic (exact) mass is 317 g/mol. The Kier molecular flexibility index (Phi) is 4.98. The standard InChI is InChI=1S/C15H12FN3O4/c1-23-14-6-5-10(7-13(14)16)9-17-18-15(20)11-3-2-4-12(8-11)19(21)22/h2-9H,1H3,(H,18,20)/b17-9-. The number of hydrogen-bond donors (Lipinski definition) is 1. The number of benzene rings is 2. The average molecular weight is 317 g/mol. The number of methoxy groups -OCH3 is 1. The third-order valence-electron chi connectivity index (χ3n) is 2.87. The van der Waals surface area contributed by atoms with Crippen LogP contribution >= 0.6 is 0 Å². The minimum Gasteiger partial charge on any atom is -0.494 e. The molecular weight excluding hydrogens is 305 g/mol. The molecule has 23 heavy (non-hydrogen) atoms. The van der Waals surface area contributed by atoms with Crippen LogP contribution in [-0.2, 0) is 0 Å². The summed E-state index contributed by atoms with van der Waals surface area (Å²) in [6.45, 7) is 0. The first-order valence-corrected chi connectivity index (χ1v) is 6.42. The number of nitro benzene ring substituents is 1. The Balaban J connectivity index is 2.05. The van der Waals surface area contributed by atoms with Gasteiger partial charge in [0, 0.05) is 17.7 Å². The van der Waals surface area contributed by atoms with Crippen LogP contribution in [0.2, 0.25) is 0 Å². The highest BCUT2D eigenvalue weighted by molar-refractivity contribution is 5.95. The summed E-state index contributed by atoms with van der Waals surface area (Å²) in [7, 11) is 1.35. The fourth-order valence-electron chi connectivity index (χ4n) is 1.75. The van der Waals surface area contributed by atoms with Crippen LogP contribution in [0.5, 0.6) is 5.75 Å². The molecule has 0 fully saturated rings. The summed E-state index contributed by atoms with van der Waals surface area (Å²) in [5.74, 6) is -1.07. The van der Waals surface area contributed by atoms with E-state index in [9.17, 15) is 19.3 Å². The first-order valence-electron chi connectivity index (χ1n) is 6.42.